The molecule has 0 aliphatic heterocycles. The zero-order valence-electron chi connectivity index (χ0n) is 16.3. The molecule has 1 N–H and O–H groups in total. The van der Waals surface area contributed by atoms with Crippen LogP contribution in [0.1, 0.15) is 11.1 Å². The van der Waals surface area contributed by atoms with E-state index in [4.69, 9.17) is 9.47 Å². The van der Waals surface area contributed by atoms with Gasteiger partial charge in [-0.25, -0.2) is 0 Å². The molecule has 1 amide bonds. The first-order chi connectivity index (χ1) is 14.6. The number of aromatic nitrogens is 2. The quantitative estimate of drug-likeness (QED) is 0.316. The van der Waals surface area contributed by atoms with Crippen LogP contribution in [0.15, 0.2) is 59.3 Å². The van der Waals surface area contributed by atoms with Crippen LogP contribution in [0.5, 0.6) is 11.5 Å². The van der Waals surface area contributed by atoms with Crippen molar-refractivity contribution in [2.75, 3.05) is 18.7 Å². The molecule has 3 aromatic rings. The maximum atomic E-state index is 12.4. The number of hydrogen-bond acceptors (Lipinski definition) is 8. The first kappa shape index (κ1) is 21.4. The monoisotopic (exact) mass is 438 g/mol. The van der Waals surface area contributed by atoms with Crippen molar-refractivity contribution in [1.29, 1.82) is 5.26 Å². The molecule has 0 aliphatic carbocycles. The van der Waals surface area contributed by atoms with E-state index in [1.54, 1.807) is 18.2 Å². The molecule has 9 heteroatoms. The molecule has 2 aromatic carbocycles. The van der Waals surface area contributed by atoms with Crippen LogP contribution >= 0.6 is 23.3 Å². The minimum Gasteiger partial charge on any atom is -0.493 e. The van der Waals surface area contributed by atoms with E-state index in [9.17, 15) is 10.1 Å². The Bertz CT molecular complexity index is 1090. The van der Waals surface area contributed by atoms with Crippen molar-refractivity contribution < 1.29 is 14.3 Å². The van der Waals surface area contributed by atoms with Gasteiger partial charge in [-0.1, -0.05) is 48.2 Å². The zero-order chi connectivity index (χ0) is 21.3. The van der Waals surface area contributed by atoms with Gasteiger partial charge in [-0.05, 0) is 35.6 Å². The number of hydrogen-bond donors (Lipinski definition) is 1. The van der Waals surface area contributed by atoms with Crippen LogP contribution in [0.3, 0.4) is 0 Å². The number of amides is 1. The summed E-state index contributed by atoms with van der Waals surface area (Å²) in [6.07, 6.45) is 3.32. The molecule has 0 saturated heterocycles. The van der Waals surface area contributed by atoms with Gasteiger partial charge in [0, 0.05) is 11.5 Å². The lowest BCUT2D eigenvalue weighted by Crippen LogP contribution is -2.13. The molecule has 1 aromatic heterocycles. The molecule has 0 spiro atoms. The summed E-state index contributed by atoms with van der Waals surface area (Å²) >= 11 is 2.43. The van der Waals surface area contributed by atoms with Gasteiger partial charge in [-0.3, -0.25) is 10.1 Å². The lowest BCUT2D eigenvalue weighted by Gasteiger charge is -2.11. The number of nitrogens with one attached hydrogen (secondary N) is 1. The molecule has 0 aliphatic rings. The first-order valence-electron chi connectivity index (χ1n) is 8.78. The van der Waals surface area contributed by atoms with Gasteiger partial charge in [0.15, 0.2) is 11.5 Å². The highest BCUT2D eigenvalue weighted by Crippen LogP contribution is 2.30. The highest BCUT2D eigenvalue weighted by molar-refractivity contribution is 7.98. The normalized spacial score (nSPS) is 10.9. The van der Waals surface area contributed by atoms with Crippen molar-refractivity contribution >= 4 is 40.4 Å². The molecule has 30 heavy (non-hydrogen) atoms. The third kappa shape index (κ3) is 5.59. The lowest BCUT2D eigenvalue weighted by atomic mass is 10.1. The number of nitrogens with zero attached hydrogens (tertiary/aromatic N) is 3. The van der Waals surface area contributed by atoms with Gasteiger partial charge in [-0.2, -0.15) is 14.6 Å². The highest BCUT2D eigenvalue weighted by atomic mass is 32.2. The molecule has 0 unspecified atom stereocenters. The molecule has 0 bridgehead atoms. The maximum Gasteiger partial charge on any atom is 0.268 e. The fourth-order valence-electron chi connectivity index (χ4n) is 2.45. The van der Waals surface area contributed by atoms with Gasteiger partial charge < -0.3 is 9.47 Å². The van der Waals surface area contributed by atoms with E-state index in [1.807, 2.05) is 42.7 Å². The van der Waals surface area contributed by atoms with Crippen molar-refractivity contribution in [3.05, 3.63) is 65.2 Å². The molecule has 0 saturated carbocycles. The summed E-state index contributed by atoms with van der Waals surface area (Å²) in [5.74, 6) is 0.524. The van der Waals surface area contributed by atoms with Gasteiger partial charge in [0.1, 0.15) is 18.2 Å². The third-order valence-corrected chi connectivity index (χ3v) is 5.21. The van der Waals surface area contributed by atoms with E-state index in [0.29, 0.717) is 34.0 Å². The number of carbonyl (C=O) groups is 1. The second-order valence-corrected chi connectivity index (χ2v) is 7.42. The van der Waals surface area contributed by atoms with Gasteiger partial charge in [0.25, 0.3) is 5.91 Å². The Hall–Kier alpha value is -3.35. The minimum atomic E-state index is -0.551. The number of carbonyl (C=O) groups excluding carboxylic acids is 1. The van der Waals surface area contributed by atoms with Gasteiger partial charge in [0.05, 0.1) is 7.11 Å². The average molecular weight is 439 g/mol. The highest BCUT2D eigenvalue weighted by Gasteiger charge is 2.13. The standard InChI is InChI=1S/C21H18N4O3S2/c1-27-18-11-15(8-9-17(18)28-13-14-6-4-3-5-7-14)10-16(12-22)19(26)23-20-24-21(29-2)25-30-20/h3-11H,13H2,1-2H3,(H,23,24,25,26)/b16-10-. The molecular weight excluding hydrogens is 420 g/mol. The molecule has 3 rings (SSSR count). The molecule has 0 atom stereocenters. The second kappa shape index (κ2) is 10.4. The van der Waals surface area contributed by atoms with Crippen molar-refractivity contribution in [2.24, 2.45) is 0 Å². The second-order valence-electron chi connectivity index (χ2n) is 5.89. The number of ether oxygens (including phenoxy) is 2. The molecular formula is C21H18N4O3S2. The predicted octanol–water partition coefficient (Wildman–Crippen LogP) is 4.39. The number of nitriles is 1. The average Bonchev–Trinajstić information content (AvgIpc) is 3.24. The van der Waals surface area contributed by atoms with Crippen LogP contribution in [0.2, 0.25) is 0 Å². The largest absolute Gasteiger partial charge is 0.493 e. The minimum absolute atomic E-state index is 0.0593. The van der Waals surface area contributed by atoms with E-state index in [1.165, 1.54) is 24.9 Å². The van der Waals surface area contributed by atoms with Crippen molar-refractivity contribution in [3.63, 3.8) is 0 Å². The summed E-state index contributed by atoms with van der Waals surface area (Å²) in [5.41, 5.74) is 1.61. The maximum absolute atomic E-state index is 12.4. The first-order valence-corrected chi connectivity index (χ1v) is 10.8. The van der Waals surface area contributed by atoms with E-state index in [2.05, 4.69) is 14.7 Å². The van der Waals surface area contributed by atoms with E-state index >= 15 is 0 Å². The number of rotatable bonds is 8. The Balaban J connectivity index is 1.73. The van der Waals surface area contributed by atoms with Crippen LogP contribution in [-0.2, 0) is 11.4 Å². The third-order valence-electron chi connectivity index (χ3n) is 3.91. The molecule has 0 radical (unpaired) electrons. The fourth-order valence-corrected chi connectivity index (χ4v) is 3.57. The van der Waals surface area contributed by atoms with Crippen LogP contribution in [0, 0.1) is 11.3 Å². The lowest BCUT2D eigenvalue weighted by molar-refractivity contribution is -0.112. The van der Waals surface area contributed by atoms with Crippen molar-refractivity contribution in [2.45, 2.75) is 11.8 Å². The summed E-state index contributed by atoms with van der Waals surface area (Å²) in [6, 6.07) is 16.9. The molecule has 1 heterocycles. The fraction of sp³-hybridized carbons (Fsp3) is 0.143. The summed E-state index contributed by atoms with van der Waals surface area (Å²) in [4.78, 5) is 16.5. The Kier molecular flexibility index (Phi) is 7.43. The van der Waals surface area contributed by atoms with Crippen molar-refractivity contribution in [3.8, 4) is 17.6 Å². The predicted molar refractivity (Wildman–Crippen MR) is 118 cm³/mol. The van der Waals surface area contributed by atoms with E-state index in [0.717, 1.165) is 17.1 Å². The summed E-state index contributed by atoms with van der Waals surface area (Å²) in [6.45, 7) is 0.401. The van der Waals surface area contributed by atoms with Crippen molar-refractivity contribution in [1.82, 2.24) is 9.36 Å². The zero-order valence-corrected chi connectivity index (χ0v) is 17.9. The molecule has 7 nitrogen and oxygen atoms in total. The number of anilines is 1. The van der Waals surface area contributed by atoms with Crippen LogP contribution in [0.25, 0.3) is 6.08 Å². The topological polar surface area (TPSA) is 97.1 Å². The summed E-state index contributed by atoms with van der Waals surface area (Å²) in [5, 5.41) is 12.9. The Morgan fingerprint density at radius 3 is 2.73 bits per heavy atom. The van der Waals surface area contributed by atoms with E-state index < -0.39 is 5.91 Å². The Labute approximate surface area is 182 Å². The van der Waals surface area contributed by atoms with Crippen LogP contribution in [0.4, 0.5) is 5.13 Å². The Morgan fingerprint density at radius 2 is 2.07 bits per heavy atom. The van der Waals surface area contributed by atoms with Gasteiger partial charge in [-0.15, -0.1) is 0 Å². The molecule has 0 fully saturated rings. The van der Waals surface area contributed by atoms with E-state index in [-0.39, 0.29) is 5.57 Å². The SMILES string of the molecule is COc1cc(/C=C(/C#N)C(=O)Nc2nc(SC)ns2)ccc1OCc1ccccc1. The smallest absolute Gasteiger partial charge is 0.268 e. The summed E-state index contributed by atoms with van der Waals surface area (Å²) < 4.78 is 15.3. The van der Waals surface area contributed by atoms with Gasteiger partial charge >= 0.3 is 0 Å². The van der Waals surface area contributed by atoms with Gasteiger partial charge in [0.2, 0.25) is 10.3 Å². The van der Waals surface area contributed by atoms with Crippen LogP contribution < -0.4 is 14.8 Å². The summed E-state index contributed by atoms with van der Waals surface area (Å²) in [7, 11) is 1.54. The number of benzene rings is 2. The van der Waals surface area contributed by atoms with Crippen LogP contribution in [-0.4, -0.2) is 28.6 Å². The Morgan fingerprint density at radius 1 is 1.27 bits per heavy atom. The molecule has 152 valence electrons. The number of thioether (sulfide) groups is 1. The number of methoxy groups -OCH3 is 1.